The maximum Gasteiger partial charge on any atom is 0.315 e. The van der Waals surface area contributed by atoms with E-state index in [9.17, 15) is 19.2 Å². The van der Waals surface area contributed by atoms with E-state index in [1.165, 1.54) is 6.92 Å². The van der Waals surface area contributed by atoms with Crippen molar-refractivity contribution in [2.45, 2.75) is 84.3 Å². The molecule has 0 saturated carbocycles. The van der Waals surface area contributed by atoms with Crippen molar-refractivity contribution in [3.05, 3.63) is 0 Å². The van der Waals surface area contributed by atoms with E-state index < -0.39 is 6.04 Å². The highest BCUT2D eigenvalue weighted by molar-refractivity contribution is 7.99. The van der Waals surface area contributed by atoms with Crippen molar-refractivity contribution in [2.75, 3.05) is 71.3 Å². The Hall–Kier alpha value is -1.93. The van der Waals surface area contributed by atoms with Crippen LogP contribution in [0.4, 0.5) is 4.79 Å². The van der Waals surface area contributed by atoms with Crippen molar-refractivity contribution in [2.24, 2.45) is 0 Å². The number of rotatable bonds is 21. The van der Waals surface area contributed by atoms with Gasteiger partial charge in [-0.2, -0.15) is 11.8 Å². The van der Waals surface area contributed by atoms with Crippen molar-refractivity contribution in [1.82, 2.24) is 26.6 Å². The van der Waals surface area contributed by atoms with Gasteiger partial charge in [0.25, 0.3) is 0 Å². The third-order valence-electron chi connectivity index (χ3n) is 6.02. The van der Waals surface area contributed by atoms with Gasteiger partial charge in [-0.15, -0.1) is 0 Å². The van der Waals surface area contributed by atoms with Gasteiger partial charge in [0.1, 0.15) is 5.78 Å². The van der Waals surface area contributed by atoms with Crippen molar-refractivity contribution in [3.63, 3.8) is 0 Å². The lowest BCUT2D eigenvalue weighted by Gasteiger charge is -2.12. The van der Waals surface area contributed by atoms with Crippen LogP contribution in [0.2, 0.25) is 0 Å². The fourth-order valence-electron chi connectivity index (χ4n) is 3.70. The summed E-state index contributed by atoms with van der Waals surface area (Å²) in [4.78, 5) is 45.0. The highest BCUT2D eigenvalue weighted by Crippen LogP contribution is 2.20. The topological polar surface area (TPSA) is 156 Å². The molecule has 0 aliphatic carbocycles. The Labute approximate surface area is 250 Å². The fraction of sp³-hybridized carbons (Fsp3) is 0.857. The number of nitrogens with one attached hydrogen (secondary N) is 5. The third kappa shape index (κ3) is 21.4. The highest BCUT2D eigenvalue weighted by atomic mass is 32.2. The molecule has 0 aromatic heterocycles. The average molecular weight is 606 g/mol. The van der Waals surface area contributed by atoms with Crippen LogP contribution in [0.25, 0.3) is 0 Å². The quantitative estimate of drug-likeness (QED) is 0.0969. The minimum atomic E-state index is -0.432. The van der Waals surface area contributed by atoms with Crippen LogP contribution in [0.1, 0.15) is 66.2 Å². The number of ketones is 1. The predicted molar refractivity (Wildman–Crippen MR) is 163 cm³/mol. The molecular weight excluding hydrogens is 550 g/mol. The molecule has 3 atom stereocenters. The van der Waals surface area contributed by atoms with Crippen LogP contribution >= 0.6 is 11.8 Å². The molecule has 0 aromatic rings. The van der Waals surface area contributed by atoms with Gasteiger partial charge < -0.3 is 40.8 Å². The lowest BCUT2D eigenvalue weighted by Crippen LogP contribution is -2.38. The Morgan fingerprint density at radius 2 is 1.34 bits per heavy atom. The van der Waals surface area contributed by atoms with E-state index in [2.05, 4.69) is 33.5 Å². The van der Waals surface area contributed by atoms with Gasteiger partial charge in [0, 0.05) is 50.7 Å². The first-order chi connectivity index (χ1) is 19.9. The number of carbonyl (C=O) groups excluding carboxylic acids is 4. The zero-order valence-corrected chi connectivity index (χ0v) is 26.6. The molecular formula is C28H55N5O7S. The highest BCUT2D eigenvalue weighted by Gasteiger charge is 2.35. The van der Waals surface area contributed by atoms with Crippen LogP contribution in [-0.4, -0.2) is 113 Å². The average Bonchev–Trinajstić information content (AvgIpc) is 3.54. The molecule has 4 amide bonds. The van der Waals surface area contributed by atoms with E-state index in [1.54, 1.807) is 7.05 Å². The molecule has 2 aliphatic rings. The van der Waals surface area contributed by atoms with Gasteiger partial charge in [0.2, 0.25) is 11.8 Å². The number of amides is 4. The molecule has 5 N–H and O–H groups in total. The van der Waals surface area contributed by atoms with Crippen LogP contribution in [0.15, 0.2) is 0 Å². The zero-order valence-electron chi connectivity index (χ0n) is 25.8. The standard InChI is InChI=1S/C21H41N3O6.C5H8N2OS.C2H6/c1-4-5-8-20(26)23-9-6-11-28-13-15-30-16-14-29-12-7-10-24-21(27)17-19(22-3)18(2)25;8-5-6-3-1-9-2-4(3)7-5;1-2/h19,22H,4-17H2,1-3H3,(H,23,26)(H,24,27);3-4H,1-2H2,(H2,6,7,8);1-2H3/t;3-,4+;. The number of likely N-dealkylation sites (N-methyl/N-ethyl adjacent to an activating group) is 1. The van der Waals surface area contributed by atoms with Crippen molar-refractivity contribution < 1.29 is 33.4 Å². The molecule has 1 unspecified atom stereocenters. The number of Topliss-reactive ketones (excluding diaryl/α,β-unsaturated/α-hetero) is 1. The number of ether oxygens (including phenoxy) is 3. The maximum atomic E-state index is 11.7. The number of thioether (sulfide) groups is 1. The second-order valence-corrected chi connectivity index (χ2v) is 10.4. The summed E-state index contributed by atoms with van der Waals surface area (Å²) >= 11 is 1.89. The van der Waals surface area contributed by atoms with Gasteiger partial charge >= 0.3 is 6.03 Å². The van der Waals surface area contributed by atoms with Crippen LogP contribution in [0, 0.1) is 0 Å². The molecule has 240 valence electrons. The molecule has 0 aromatic carbocycles. The third-order valence-corrected chi connectivity index (χ3v) is 7.21. The van der Waals surface area contributed by atoms with E-state index in [0.717, 1.165) is 30.8 Å². The van der Waals surface area contributed by atoms with Crippen LogP contribution < -0.4 is 26.6 Å². The Bertz CT molecular complexity index is 703. The van der Waals surface area contributed by atoms with Gasteiger partial charge in [-0.3, -0.25) is 14.4 Å². The first kappa shape index (κ1) is 39.1. The first-order valence-corrected chi connectivity index (χ1v) is 16.1. The summed E-state index contributed by atoms with van der Waals surface area (Å²) in [6.45, 7) is 11.8. The van der Waals surface area contributed by atoms with E-state index >= 15 is 0 Å². The monoisotopic (exact) mass is 605 g/mol. The second-order valence-electron chi connectivity index (χ2n) is 9.37. The summed E-state index contributed by atoms with van der Waals surface area (Å²) in [5.74, 6) is 2.06. The number of carbonyl (C=O) groups is 4. The molecule has 2 fully saturated rings. The summed E-state index contributed by atoms with van der Waals surface area (Å²) in [7, 11) is 1.67. The van der Waals surface area contributed by atoms with E-state index in [1.807, 2.05) is 25.6 Å². The Kier molecular flexibility index (Phi) is 25.7. The predicted octanol–water partition coefficient (Wildman–Crippen LogP) is 1.62. The van der Waals surface area contributed by atoms with Crippen molar-refractivity contribution in [3.8, 4) is 0 Å². The summed E-state index contributed by atoms with van der Waals surface area (Å²) in [5, 5.41) is 14.2. The minimum absolute atomic E-state index is 0.00491. The van der Waals surface area contributed by atoms with Crippen molar-refractivity contribution in [1.29, 1.82) is 0 Å². The maximum absolute atomic E-state index is 11.7. The normalized spacial score (nSPS) is 17.5. The molecule has 0 spiro atoms. The van der Waals surface area contributed by atoms with Gasteiger partial charge in [0.15, 0.2) is 0 Å². The summed E-state index contributed by atoms with van der Waals surface area (Å²) in [6.07, 6.45) is 4.20. The van der Waals surface area contributed by atoms with Crippen LogP contribution in [0.5, 0.6) is 0 Å². The summed E-state index contributed by atoms with van der Waals surface area (Å²) in [6, 6.07) is 0.383. The minimum Gasteiger partial charge on any atom is -0.379 e. The number of hydrogen-bond acceptors (Lipinski definition) is 9. The Morgan fingerprint density at radius 3 is 1.80 bits per heavy atom. The van der Waals surface area contributed by atoms with Gasteiger partial charge in [0.05, 0.1) is 44.6 Å². The smallest absolute Gasteiger partial charge is 0.315 e. The van der Waals surface area contributed by atoms with E-state index in [0.29, 0.717) is 77.7 Å². The van der Waals surface area contributed by atoms with Crippen LogP contribution in [-0.2, 0) is 28.6 Å². The SMILES string of the molecule is CC.CCCCC(=O)NCCCOCCOCCOCCCNC(=O)CC(NC)C(C)=O.O=C1N[C@H]2CSC[C@H]2N1. The fourth-order valence-corrected chi connectivity index (χ4v) is 4.97. The lowest BCUT2D eigenvalue weighted by molar-refractivity contribution is -0.126. The molecule has 12 nitrogen and oxygen atoms in total. The largest absolute Gasteiger partial charge is 0.379 e. The molecule has 41 heavy (non-hydrogen) atoms. The van der Waals surface area contributed by atoms with Gasteiger partial charge in [-0.25, -0.2) is 4.79 Å². The summed E-state index contributed by atoms with van der Waals surface area (Å²) in [5.41, 5.74) is 0. The second kappa shape index (κ2) is 26.9. The molecule has 2 rings (SSSR count). The van der Waals surface area contributed by atoms with Gasteiger partial charge in [-0.1, -0.05) is 27.2 Å². The van der Waals surface area contributed by atoms with Gasteiger partial charge in [-0.05, 0) is 33.2 Å². The molecule has 2 saturated heterocycles. The van der Waals surface area contributed by atoms with Crippen LogP contribution in [0.3, 0.4) is 0 Å². The molecule has 13 heteroatoms. The molecule has 0 radical (unpaired) electrons. The number of fused-ring (bicyclic) bond motifs is 1. The summed E-state index contributed by atoms with van der Waals surface area (Å²) < 4.78 is 16.3. The number of urea groups is 1. The number of unbranched alkanes of at least 4 members (excludes halogenated alkanes) is 1. The zero-order chi connectivity index (χ0) is 30.7. The molecule has 2 heterocycles. The van der Waals surface area contributed by atoms with E-state index in [4.69, 9.17) is 14.2 Å². The lowest BCUT2D eigenvalue weighted by atomic mass is 10.1. The molecule has 2 aliphatic heterocycles. The molecule has 0 bridgehead atoms. The first-order valence-electron chi connectivity index (χ1n) is 15.0. The van der Waals surface area contributed by atoms with E-state index in [-0.39, 0.29) is 30.0 Å². The Balaban J connectivity index is 0.00000119. The Morgan fingerprint density at radius 1 is 0.854 bits per heavy atom. The van der Waals surface area contributed by atoms with Crippen molar-refractivity contribution >= 4 is 35.4 Å². The number of hydrogen-bond donors (Lipinski definition) is 5.